The first-order chi connectivity index (χ1) is 10.9. The van der Waals surface area contributed by atoms with Crippen LogP contribution >= 0.6 is 0 Å². The highest BCUT2D eigenvalue weighted by atomic mass is 16.4. The second-order valence-electron chi connectivity index (χ2n) is 9.08. The molecule has 0 heterocycles. The molecule has 1 N–H and O–H groups in total. The van der Waals surface area contributed by atoms with Crippen LogP contribution in [0.5, 0.6) is 0 Å². The van der Waals surface area contributed by atoms with Gasteiger partial charge in [-0.25, -0.2) is 4.79 Å². The summed E-state index contributed by atoms with van der Waals surface area (Å²) >= 11 is 0. The topological polar surface area (TPSA) is 37.3 Å². The van der Waals surface area contributed by atoms with Crippen molar-refractivity contribution in [1.82, 2.24) is 0 Å². The highest BCUT2D eigenvalue weighted by Gasteiger charge is 2.57. The molecule has 2 heteroatoms. The Morgan fingerprint density at radius 1 is 1.17 bits per heavy atom. The van der Waals surface area contributed by atoms with Crippen molar-refractivity contribution in [3.05, 3.63) is 23.8 Å². The number of rotatable bonds is 1. The molecule has 6 atom stereocenters. The minimum absolute atomic E-state index is 0.0669. The van der Waals surface area contributed by atoms with E-state index in [1.54, 1.807) is 0 Å². The van der Waals surface area contributed by atoms with Crippen LogP contribution in [0, 0.1) is 34.5 Å². The Kier molecular flexibility index (Phi) is 3.52. The molecule has 0 aromatic rings. The lowest BCUT2D eigenvalue weighted by Gasteiger charge is -2.60. The highest BCUT2D eigenvalue weighted by molar-refractivity contribution is 5.82. The second-order valence-corrected chi connectivity index (χ2v) is 9.08. The van der Waals surface area contributed by atoms with Crippen LogP contribution in [-0.4, -0.2) is 11.1 Å². The predicted octanol–water partition coefficient (Wildman–Crippen LogP) is 5.21. The Bertz CT molecular complexity index is 574. The van der Waals surface area contributed by atoms with Crippen molar-refractivity contribution in [1.29, 1.82) is 0 Å². The number of carboxylic acid groups (broad SMARTS) is 1. The molecule has 0 radical (unpaired) electrons. The Morgan fingerprint density at radius 2 is 2.00 bits per heavy atom. The first-order valence-electron chi connectivity index (χ1n) is 9.58. The fourth-order valence-corrected chi connectivity index (χ4v) is 6.98. The molecule has 0 aromatic heterocycles. The van der Waals surface area contributed by atoms with Gasteiger partial charge in [-0.3, -0.25) is 0 Å². The van der Waals surface area contributed by atoms with Gasteiger partial charge < -0.3 is 5.11 Å². The van der Waals surface area contributed by atoms with Gasteiger partial charge in [0.05, 0.1) is 0 Å². The summed E-state index contributed by atoms with van der Waals surface area (Å²) in [5, 5.41) is 9.20. The van der Waals surface area contributed by atoms with Gasteiger partial charge in [-0.2, -0.15) is 0 Å². The van der Waals surface area contributed by atoms with Gasteiger partial charge in [-0.15, -0.1) is 0 Å². The molecular formula is C21H30O2. The number of hydrogen-bond acceptors (Lipinski definition) is 1. The Balaban J connectivity index is 1.65. The molecule has 4 aliphatic rings. The number of allylic oxidation sites excluding steroid dienone is 3. The van der Waals surface area contributed by atoms with Crippen LogP contribution in [0.1, 0.15) is 65.2 Å². The van der Waals surface area contributed by atoms with Crippen LogP contribution in [-0.2, 0) is 4.79 Å². The van der Waals surface area contributed by atoms with E-state index in [0.29, 0.717) is 11.3 Å². The molecular weight excluding hydrogens is 284 g/mol. The lowest BCUT2D eigenvalue weighted by Crippen LogP contribution is -2.52. The van der Waals surface area contributed by atoms with Gasteiger partial charge in [0.2, 0.25) is 0 Å². The van der Waals surface area contributed by atoms with E-state index in [0.717, 1.165) is 29.7 Å². The van der Waals surface area contributed by atoms with E-state index < -0.39 is 5.97 Å². The smallest absolute Gasteiger partial charge is 0.328 e. The zero-order valence-corrected chi connectivity index (χ0v) is 14.6. The summed E-state index contributed by atoms with van der Waals surface area (Å²) in [5.74, 6) is 2.34. The first-order valence-corrected chi connectivity index (χ1v) is 9.58. The lowest BCUT2D eigenvalue weighted by molar-refractivity contribution is -0.131. The second kappa shape index (κ2) is 5.22. The minimum atomic E-state index is -0.795. The van der Waals surface area contributed by atoms with E-state index in [-0.39, 0.29) is 5.41 Å². The standard InChI is InChI=1S/C21H30O2/c1-20-11-4-3-5-14(20)6-8-16-17-9-7-15(13-19(22)23)21(17,2)12-10-18(16)20/h7,9,13-14,16-18H,3-6,8,10-12H2,1-2H3,(H,22,23)/t14?,16-,17-,18-,20-,21+/m0/s1. The summed E-state index contributed by atoms with van der Waals surface area (Å²) in [5.41, 5.74) is 1.68. The van der Waals surface area contributed by atoms with Gasteiger partial charge in [0.1, 0.15) is 0 Å². The molecule has 0 bridgehead atoms. The van der Waals surface area contributed by atoms with E-state index in [9.17, 15) is 9.90 Å². The molecule has 3 fully saturated rings. The maximum Gasteiger partial charge on any atom is 0.328 e. The van der Waals surface area contributed by atoms with Crippen molar-refractivity contribution >= 4 is 5.97 Å². The molecule has 4 rings (SSSR count). The number of fused-ring (bicyclic) bond motifs is 5. The van der Waals surface area contributed by atoms with Crippen molar-refractivity contribution in [2.45, 2.75) is 65.2 Å². The summed E-state index contributed by atoms with van der Waals surface area (Å²) in [6.45, 7) is 4.90. The van der Waals surface area contributed by atoms with E-state index in [1.807, 2.05) is 0 Å². The van der Waals surface area contributed by atoms with E-state index in [2.05, 4.69) is 26.0 Å². The predicted molar refractivity (Wildman–Crippen MR) is 92.0 cm³/mol. The van der Waals surface area contributed by atoms with Crippen molar-refractivity contribution in [2.75, 3.05) is 0 Å². The van der Waals surface area contributed by atoms with Gasteiger partial charge in [0.25, 0.3) is 0 Å². The maximum absolute atomic E-state index is 11.2. The summed E-state index contributed by atoms with van der Waals surface area (Å²) in [6.07, 6.45) is 16.9. The third-order valence-electron chi connectivity index (χ3n) is 8.26. The molecule has 0 aliphatic heterocycles. The summed E-state index contributed by atoms with van der Waals surface area (Å²) in [7, 11) is 0. The normalized spacial score (nSPS) is 50.3. The molecule has 0 aromatic carbocycles. The summed E-state index contributed by atoms with van der Waals surface area (Å²) in [6, 6.07) is 0. The van der Waals surface area contributed by atoms with Crippen molar-refractivity contribution < 1.29 is 9.90 Å². The first kappa shape index (κ1) is 15.5. The molecule has 23 heavy (non-hydrogen) atoms. The largest absolute Gasteiger partial charge is 0.478 e. The van der Waals surface area contributed by atoms with E-state index in [1.165, 1.54) is 51.0 Å². The van der Waals surface area contributed by atoms with Crippen LogP contribution < -0.4 is 0 Å². The van der Waals surface area contributed by atoms with E-state index in [4.69, 9.17) is 0 Å². The van der Waals surface area contributed by atoms with Crippen LogP contribution in [0.15, 0.2) is 23.8 Å². The van der Waals surface area contributed by atoms with Crippen LogP contribution in [0.3, 0.4) is 0 Å². The monoisotopic (exact) mass is 314 g/mol. The molecule has 1 unspecified atom stereocenters. The Hall–Kier alpha value is -1.05. The van der Waals surface area contributed by atoms with Gasteiger partial charge in [-0.05, 0) is 78.6 Å². The maximum atomic E-state index is 11.2. The number of aliphatic carboxylic acids is 1. The fourth-order valence-electron chi connectivity index (χ4n) is 6.98. The molecule has 2 nitrogen and oxygen atoms in total. The average Bonchev–Trinajstić information content (AvgIpc) is 2.83. The molecule has 4 aliphatic carbocycles. The number of carboxylic acids is 1. The fraction of sp³-hybridized carbons (Fsp3) is 0.762. The molecule has 0 amide bonds. The van der Waals surface area contributed by atoms with Gasteiger partial charge >= 0.3 is 5.97 Å². The minimum Gasteiger partial charge on any atom is -0.478 e. The van der Waals surface area contributed by atoms with Crippen molar-refractivity contribution in [2.24, 2.45) is 34.5 Å². The lowest BCUT2D eigenvalue weighted by atomic mass is 9.45. The van der Waals surface area contributed by atoms with Gasteiger partial charge in [0.15, 0.2) is 0 Å². The Labute approximate surface area is 140 Å². The van der Waals surface area contributed by atoms with Crippen LogP contribution in [0.2, 0.25) is 0 Å². The molecule has 126 valence electrons. The molecule has 3 saturated carbocycles. The van der Waals surface area contributed by atoms with Gasteiger partial charge in [-0.1, -0.05) is 38.8 Å². The Morgan fingerprint density at radius 3 is 2.78 bits per heavy atom. The number of carbonyl (C=O) groups is 1. The van der Waals surface area contributed by atoms with E-state index >= 15 is 0 Å². The number of hydrogen-bond donors (Lipinski definition) is 1. The zero-order valence-electron chi connectivity index (χ0n) is 14.6. The SMILES string of the molecule is C[C@]12CCCCC1CC[C@@H]1[C@@H]2CC[C@]2(C)C(=CC(=O)O)C=C[C@@H]12. The van der Waals surface area contributed by atoms with Crippen LogP contribution in [0.4, 0.5) is 0 Å². The average molecular weight is 314 g/mol. The van der Waals surface area contributed by atoms with Crippen LogP contribution in [0.25, 0.3) is 0 Å². The van der Waals surface area contributed by atoms with Crippen molar-refractivity contribution in [3.63, 3.8) is 0 Å². The van der Waals surface area contributed by atoms with Gasteiger partial charge in [0, 0.05) is 6.08 Å². The highest BCUT2D eigenvalue weighted by Crippen LogP contribution is 2.65. The summed E-state index contributed by atoms with van der Waals surface area (Å²) < 4.78 is 0. The van der Waals surface area contributed by atoms with Crippen molar-refractivity contribution in [3.8, 4) is 0 Å². The third-order valence-corrected chi connectivity index (χ3v) is 8.26. The quantitative estimate of drug-likeness (QED) is 0.675. The molecule has 0 saturated heterocycles. The zero-order chi connectivity index (χ0) is 16.2. The molecule has 0 spiro atoms. The third kappa shape index (κ3) is 2.16. The summed E-state index contributed by atoms with van der Waals surface area (Å²) in [4.78, 5) is 11.2.